The molecule has 0 spiro atoms. The number of hydrogen-bond donors (Lipinski definition) is 1. The normalized spacial score (nSPS) is 17.4. The highest BCUT2D eigenvalue weighted by Gasteiger charge is 2.17. The second kappa shape index (κ2) is 5.31. The summed E-state index contributed by atoms with van der Waals surface area (Å²) in [6, 6.07) is 0.683. The van der Waals surface area contributed by atoms with E-state index >= 15 is 0 Å². The largest absolute Gasteiger partial charge is 0.320 e. The molecule has 1 aromatic rings. The molecule has 84 valence electrons. The Morgan fingerprint density at radius 1 is 1.47 bits per heavy atom. The number of nitrogens with zero attached hydrogens (tertiary/aromatic N) is 2. The molecule has 1 aliphatic carbocycles. The van der Waals surface area contributed by atoms with Crippen LogP contribution in [-0.2, 0) is 6.42 Å². The van der Waals surface area contributed by atoms with E-state index in [1.54, 1.807) is 0 Å². The van der Waals surface area contributed by atoms with Crippen LogP contribution in [0.3, 0.4) is 0 Å². The van der Waals surface area contributed by atoms with Crippen molar-refractivity contribution in [2.75, 3.05) is 13.6 Å². The monoisotopic (exact) mass is 207 g/mol. The summed E-state index contributed by atoms with van der Waals surface area (Å²) >= 11 is 0. The van der Waals surface area contributed by atoms with Gasteiger partial charge in [-0.1, -0.05) is 12.8 Å². The topological polar surface area (TPSA) is 29.9 Å². The van der Waals surface area contributed by atoms with E-state index in [2.05, 4.69) is 21.3 Å². The standard InChI is InChI=1S/C12H21N3/c1-13-8-4-5-11-9-14-15(10-11)12-6-2-3-7-12/h9-10,12-13H,2-8H2,1H3. The SMILES string of the molecule is CNCCCc1cnn(C2CCCC2)c1. The highest BCUT2D eigenvalue weighted by Crippen LogP contribution is 2.28. The lowest BCUT2D eigenvalue weighted by Crippen LogP contribution is -2.08. The van der Waals surface area contributed by atoms with Gasteiger partial charge in [-0.3, -0.25) is 4.68 Å². The molecule has 0 amide bonds. The minimum absolute atomic E-state index is 0.683. The zero-order valence-corrected chi connectivity index (χ0v) is 9.58. The van der Waals surface area contributed by atoms with Crippen molar-refractivity contribution >= 4 is 0 Å². The third kappa shape index (κ3) is 2.81. The average Bonchev–Trinajstić information content (AvgIpc) is 2.87. The van der Waals surface area contributed by atoms with Gasteiger partial charge in [0.1, 0.15) is 0 Å². The highest BCUT2D eigenvalue weighted by atomic mass is 15.3. The second-order valence-corrected chi connectivity index (χ2v) is 4.47. The maximum Gasteiger partial charge on any atom is 0.0521 e. The Hall–Kier alpha value is -0.830. The molecule has 15 heavy (non-hydrogen) atoms. The fourth-order valence-corrected chi connectivity index (χ4v) is 2.34. The molecule has 3 heteroatoms. The van der Waals surface area contributed by atoms with Crippen LogP contribution in [-0.4, -0.2) is 23.4 Å². The van der Waals surface area contributed by atoms with Gasteiger partial charge < -0.3 is 5.32 Å². The summed E-state index contributed by atoms with van der Waals surface area (Å²) in [5.41, 5.74) is 1.39. The number of aromatic nitrogens is 2. The van der Waals surface area contributed by atoms with E-state index in [0.29, 0.717) is 6.04 Å². The van der Waals surface area contributed by atoms with Crippen LogP contribution in [0.4, 0.5) is 0 Å². The number of hydrogen-bond acceptors (Lipinski definition) is 2. The molecule has 3 nitrogen and oxygen atoms in total. The van der Waals surface area contributed by atoms with Gasteiger partial charge in [0, 0.05) is 6.20 Å². The molecule has 1 N–H and O–H groups in total. The molecule has 0 saturated heterocycles. The Morgan fingerprint density at radius 3 is 3.00 bits per heavy atom. The van der Waals surface area contributed by atoms with Crippen LogP contribution in [0.2, 0.25) is 0 Å². The Labute approximate surface area is 91.9 Å². The molecule has 0 radical (unpaired) electrons. The summed E-state index contributed by atoms with van der Waals surface area (Å²) in [5.74, 6) is 0. The molecule has 0 atom stereocenters. The molecule has 1 saturated carbocycles. The number of rotatable bonds is 5. The first kappa shape index (κ1) is 10.7. The molecule has 0 bridgehead atoms. The van der Waals surface area contributed by atoms with Crippen molar-refractivity contribution in [1.82, 2.24) is 15.1 Å². The second-order valence-electron chi connectivity index (χ2n) is 4.47. The predicted molar refractivity (Wildman–Crippen MR) is 62.0 cm³/mol. The van der Waals surface area contributed by atoms with Gasteiger partial charge in [0.2, 0.25) is 0 Å². The van der Waals surface area contributed by atoms with E-state index in [9.17, 15) is 0 Å². The quantitative estimate of drug-likeness (QED) is 0.750. The van der Waals surface area contributed by atoms with Gasteiger partial charge in [-0.05, 0) is 44.8 Å². The first-order chi connectivity index (χ1) is 7.40. The fraction of sp³-hybridized carbons (Fsp3) is 0.750. The summed E-state index contributed by atoms with van der Waals surface area (Å²) in [5, 5.41) is 7.65. The molecular weight excluding hydrogens is 186 g/mol. The lowest BCUT2D eigenvalue weighted by molar-refractivity contribution is 0.466. The van der Waals surface area contributed by atoms with Gasteiger partial charge in [0.25, 0.3) is 0 Å². The van der Waals surface area contributed by atoms with Crippen LogP contribution in [0, 0.1) is 0 Å². The smallest absolute Gasteiger partial charge is 0.0521 e. The van der Waals surface area contributed by atoms with E-state index in [4.69, 9.17) is 0 Å². The van der Waals surface area contributed by atoms with Crippen LogP contribution in [0.15, 0.2) is 12.4 Å². The number of nitrogens with one attached hydrogen (secondary N) is 1. The van der Waals surface area contributed by atoms with Gasteiger partial charge >= 0.3 is 0 Å². The lowest BCUT2D eigenvalue weighted by atomic mass is 10.2. The van der Waals surface area contributed by atoms with Crippen molar-refractivity contribution in [3.8, 4) is 0 Å². The predicted octanol–water partition coefficient (Wildman–Crippen LogP) is 2.15. The fourth-order valence-electron chi connectivity index (χ4n) is 2.34. The maximum atomic E-state index is 4.47. The lowest BCUT2D eigenvalue weighted by Gasteiger charge is -2.08. The van der Waals surface area contributed by atoms with Gasteiger partial charge in [-0.15, -0.1) is 0 Å². The summed E-state index contributed by atoms with van der Waals surface area (Å²) in [6.07, 6.45) is 12.0. The zero-order valence-electron chi connectivity index (χ0n) is 9.58. The van der Waals surface area contributed by atoms with Crippen LogP contribution < -0.4 is 5.32 Å². The summed E-state index contributed by atoms with van der Waals surface area (Å²) in [4.78, 5) is 0. The molecule has 0 aromatic carbocycles. The molecule has 1 heterocycles. The molecule has 0 aliphatic heterocycles. The van der Waals surface area contributed by atoms with Gasteiger partial charge in [0.05, 0.1) is 12.2 Å². The van der Waals surface area contributed by atoms with Crippen LogP contribution in [0.5, 0.6) is 0 Å². The molecular formula is C12H21N3. The van der Waals surface area contributed by atoms with Crippen LogP contribution in [0.1, 0.15) is 43.7 Å². The summed E-state index contributed by atoms with van der Waals surface area (Å²) in [6.45, 7) is 1.09. The average molecular weight is 207 g/mol. The maximum absolute atomic E-state index is 4.47. The van der Waals surface area contributed by atoms with E-state index < -0.39 is 0 Å². The highest BCUT2D eigenvalue weighted by molar-refractivity contribution is 5.05. The van der Waals surface area contributed by atoms with Crippen molar-refractivity contribution in [2.45, 2.75) is 44.6 Å². The Bertz CT molecular complexity index is 287. The summed E-state index contributed by atoms with van der Waals surface area (Å²) in [7, 11) is 2.00. The minimum Gasteiger partial charge on any atom is -0.320 e. The Morgan fingerprint density at radius 2 is 2.27 bits per heavy atom. The first-order valence-electron chi connectivity index (χ1n) is 6.08. The van der Waals surface area contributed by atoms with Crippen molar-refractivity contribution < 1.29 is 0 Å². The van der Waals surface area contributed by atoms with Crippen LogP contribution in [0.25, 0.3) is 0 Å². The molecule has 1 aliphatic rings. The van der Waals surface area contributed by atoms with Gasteiger partial charge in [0.15, 0.2) is 0 Å². The first-order valence-corrected chi connectivity index (χ1v) is 6.08. The minimum atomic E-state index is 0.683. The van der Waals surface area contributed by atoms with E-state index in [1.807, 2.05) is 13.2 Å². The van der Waals surface area contributed by atoms with Crippen molar-refractivity contribution in [3.05, 3.63) is 18.0 Å². The molecule has 0 unspecified atom stereocenters. The third-order valence-electron chi connectivity index (χ3n) is 3.25. The van der Waals surface area contributed by atoms with E-state index in [-0.39, 0.29) is 0 Å². The van der Waals surface area contributed by atoms with Crippen molar-refractivity contribution in [1.29, 1.82) is 0 Å². The van der Waals surface area contributed by atoms with Crippen molar-refractivity contribution in [3.63, 3.8) is 0 Å². The van der Waals surface area contributed by atoms with E-state index in [1.165, 1.54) is 37.7 Å². The van der Waals surface area contributed by atoms with Gasteiger partial charge in [-0.2, -0.15) is 5.10 Å². The van der Waals surface area contributed by atoms with Gasteiger partial charge in [-0.25, -0.2) is 0 Å². The summed E-state index contributed by atoms with van der Waals surface area (Å²) < 4.78 is 2.18. The Kier molecular flexibility index (Phi) is 3.78. The zero-order chi connectivity index (χ0) is 10.5. The van der Waals surface area contributed by atoms with E-state index in [0.717, 1.165) is 13.0 Å². The molecule has 1 aromatic heterocycles. The third-order valence-corrected chi connectivity index (χ3v) is 3.25. The number of aryl methyl sites for hydroxylation is 1. The Balaban J connectivity index is 1.86. The molecule has 1 fully saturated rings. The molecule has 2 rings (SSSR count). The van der Waals surface area contributed by atoms with Crippen molar-refractivity contribution in [2.24, 2.45) is 0 Å². The van der Waals surface area contributed by atoms with Crippen LogP contribution >= 0.6 is 0 Å².